The first kappa shape index (κ1) is 12.4. The predicted octanol–water partition coefficient (Wildman–Crippen LogP) is 2.93. The number of benzene rings is 1. The minimum atomic E-state index is 0.0887. The molecule has 3 atom stereocenters. The number of piperidine rings is 1. The van der Waals surface area contributed by atoms with Crippen LogP contribution < -0.4 is 0 Å². The Morgan fingerprint density at radius 3 is 2.79 bits per heavy atom. The standard InChI is InChI=1S/C16H19NO2/c1-2-15-13-8-9-14(10-13)17(16(15)18)19-11-12-6-4-3-5-7-12/h3-9,13-15H,2,10-11H2,1H3/t13-,14+,15+/m0/s1. The van der Waals surface area contributed by atoms with E-state index in [4.69, 9.17) is 4.84 Å². The Hall–Kier alpha value is -1.61. The van der Waals surface area contributed by atoms with Crippen LogP contribution in [-0.4, -0.2) is 17.0 Å². The highest BCUT2D eigenvalue weighted by Gasteiger charge is 2.42. The van der Waals surface area contributed by atoms with Gasteiger partial charge < -0.3 is 0 Å². The highest BCUT2D eigenvalue weighted by molar-refractivity contribution is 5.80. The molecule has 1 aliphatic heterocycles. The zero-order valence-electron chi connectivity index (χ0n) is 11.2. The Kier molecular flexibility index (Phi) is 3.38. The topological polar surface area (TPSA) is 29.5 Å². The van der Waals surface area contributed by atoms with Crippen LogP contribution in [0.3, 0.4) is 0 Å². The number of amides is 1. The first-order valence-electron chi connectivity index (χ1n) is 6.98. The fourth-order valence-corrected chi connectivity index (χ4v) is 3.04. The molecule has 3 heteroatoms. The molecule has 2 aliphatic rings. The van der Waals surface area contributed by atoms with E-state index < -0.39 is 0 Å². The fraction of sp³-hybridized carbons (Fsp3) is 0.438. The van der Waals surface area contributed by atoms with Crippen molar-refractivity contribution in [3.8, 4) is 0 Å². The number of fused-ring (bicyclic) bond motifs is 2. The molecule has 1 aromatic carbocycles. The molecule has 0 unspecified atom stereocenters. The summed E-state index contributed by atoms with van der Waals surface area (Å²) in [5.74, 6) is 0.648. The summed E-state index contributed by atoms with van der Waals surface area (Å²) in [4.78, 5) is 18.2. The van der Waals surface area contributed by atoms with Gasteiger partial charge in [-0.2, -0.15) is 0 Å². The second-order valence-corrected chi connectivity index (χ2v) is 5.29. The van der Waals surface area contributed by atoms with Gasteiger partial charge in [0.2, 0.25) is 5.91 Å². The predicted molar refractivity (Wildman–Crippen MR) is 72.9 cm³/mol. The second-order valence-electron chi connectivity index (χ2n) is 5.29. The van der Waals surface area contributed by atoms with Crippen LogP contribution >= 0.6 is 0 Å². The van der Waals surface area contributed by atoms with Gasteiger partial charge in [-0.3, -0.25) is 9.63 Å². The van der Waals surface area contributed by atoms with E-state index in [1.165, 1.54) is 0 Å². The number of rotatable bonds is 4. The average molecular weight is 257 g/mol. The van der Waals surface area contributed by atoms with Crippen LogP contribution in [0, 0.1) is 11.8 Å². The molecule has 0 saturated carbocycles. The van der Waals surface area contributed by atoms with Crippen molar-refractivity contribution in [1.82, 2.24) is 5.06 Å². The molecule has 1 saturated heterocycles. The van der Waals surface area contributed by atoms with E-state index in [-0.39, 0.29) is 17.9 Å². The van der Waals surface area contributed by atoms with Gasteiger partial charge in [0.1, 0.15) is 6.61 Å². The smallest absolute Gasteiger partial charge is 0.250 e. The monoisotopic (exact) mass is 257 g/mol. The van der Waals surface area contributed by atoms with Gasteiger partial charge in [-0.1, -0.05) is 49.4 Å². The molecule has 1 heterocycles. The van der Waals surface area contributed by atoms with Crippen LogP contribution in [0.2, 0.25) is 0 Å². The maximum atomic E-state index is 12.4. The van der Waals surface area contributed by atoms with Gasteiger partial charge in [0.15, 0.2) is 0 Å². The number of hydrogen-bond acceptors (Lipinski definition) is 2. The number of carbonyl (C=O) groups excluding carboxylic acids is 1. The third-order valence-corrected chi connectivity index (χ3v) is 4.10. The van der Waals surface area contributed by atoms with Crippen molar-refractivity contribution in [3.05, 3.63) is 48.0 Å². The Labute approximate surface area is 113 Å². The maximum absolute atomic E-state index is 12.4. The lowest BCUT2D eigenvalue weighted by atomic mass is 9.85. The highest BCUT2D eigenvalue weighted by Crippen LogP contribution is 2.37. The van der Waals surface area contributed by atoms with E-state index in [0.29, 0.717) is 12.5 Å². The zero-order valence-corrected chi connectivity index (χ0v) is 11.2. The summed E-state index contributed by atoms with van der Waals surface area (Å²) in [5.41, 5.74) is 1.09. The molecule has 2 bridgehead atoms. The van der Waals surface area contributed by atoms with E-state index in [1.54, 1.807) is 5.06 Å². The van der Waals surface area contributed by atoms with Crippen molar-refractivity contribution < 1.29 is 9.63 Å². The van der Waals surface area contributed by atoms with Gasteiger partial charge in [-0.25, -0.2) is 5.06 Å². The van der Waals surface area contributed by atoms with Gasteiger partial charge in [0, 0.05) is 5.92 Å². The SMILES string of the molecule is CC[C@H]1C(=O)N(OCc2ccccc2)[C@@H]2C=C[C@H]1C2. The second kappa shape index (κ2) is 5.17. The molecule has 0 spiro atoms. The van der Waals surface area contributed by atoms with Crippen molar-refractivity contribution in [2.75, 3.05) is 0 Å². The van der Waals surface area contributed by atoms with Gasteiger partial charge >= 0.3 is 0 Å². The summed E-state index contributed by atoms with van der Waals surface area (Å²) < 4.78 is 0. The molecule has 3 nitrogen and oxygen atoms in total. The molecule has 1 fully saturated rings. The van der Waals surface area contributed by atoms with E-state index in [1.807, 2.05) is 30.3 Å². The normalized spacial score (nSPS) is 29.0. The maximum Gasteiger partial charge on any atom is 0.250 e. The number of allylic oxidation sites excluding steroid dienone is 1. The minimum absolute atomic E-state index is 0.0887. The molecule has 0 radical (unpaired) electrons. The molecule has 1 aromatic rings. The largest absolute Gasteiger partial charge is 0.272 e. The van der Waals surface area contributed by atoms with Crippen molar-refractivity contribution >= 4 is 5.91 Å². The van der Waals surface area contributed by atoms with Crippen LogP contribution in [-0.2, 0) is 16.2 Å². The Morgan fingerprint density at radius 2 is 2.05 bits per heavy atom. The molecular weight excluding hydrogens is 238 g/mol. The number of nitrogens with zero attached hydrogens (tertiary/aromatic N) is 1. The Morgan fingerprint density at radius 1 is 1.26 bits per heavy atom. The average Bonchev–Trinajstić information content (AvgIpc) is 2.86. The molecule has 100 valence electrons. The van der Waals surface area contributed by atoms with Crippen LogP contribution in [0.5, 0.6) is 0 Å². The van der Waals surface area contributed by atoms with Crippen LogP contribution in [0.25, 0.3) is 0 Å². The Bertz CT molecular complexity index is 483. The van der Waals surface area contributed by atoms with Gasteiger partial charge in [0.25, 0.3) is 0 Å². The zero-order chi connectivity index (χ0) is 13.2. The van der Waals surface area contributed by atoms with E-state index in [0.717, 1.165) is 18.4 Å². The lowest BCUT2D eigenvalue weighted by Gasteiger charge is -2.36. The molecule has 1 aliphatic carbocycles. The summed E-state index contributed by atoms with van der Waals surface area (Å²) in [6.45, 7) is 2.53. The molecule has 0 N–H and O–H groups in total. The lowest BCUT2D eigenvalue weighted by Crippen LogP contribution is -2.47. The third kappa shape index (κ3) is 2.30. The number of hydroxylamine groups is 2. The summed E-state index contributed by atoms with van der Waals surface area (Å²) in [6.07, 6.45) is 6.19. The number of carbonyl (C=O) groups is 1. The summed E-state index contributed by atoms with van der Waals surface area (Å²) in [6, 6.07) is 10.1. The molecule has 1 amide bonds. The van der Waals surface area contributed by atoms with Gasteiger partial charge in [0.05, 0.1) is 6.04 Å². The first-order chi connectivity index (χ1) is 9.29. The highest BCUT2D eigenvalue weighted by atomic mass is 16.7. The Balaban J connectivity index is 1.70. The summed E-state index contributed by atoms with van der Waals surface area (Å²) in [5, 5.41) is 1.60. The van der Waals surface area contributed by atoms with Crippen LogP contribution in [0.1, 0.15) is 25.3 Å². The van der Waals surface area contributed by atoms with E-state index >= 15 is 0 Å². The molecular formula is C16H19NO2. The van der Waals surface area contributed by atoms with Crippen molar-refractivity contribution in [1.29, 1.82) is 0 Å². The third-order valence-electron chi connectivity index (χ3n) is 4.10. The van der Waals surface area contributed by atoms with Crippen molar-refractivity contribution in [2.24, 2.45) is 11.8 Å². The fourth-order valence-electron chi connectivity index (χ4n) is 3.04. The first-order valence-corrected chi connectivity index (χ1v) is 6.98. The van der Waals surface area contributed by atoms with E-state index in [9.17, 15) is 4.79 Å². The van der Waals surface area contributed by atoms with Crippen LogP contribution in [0.4, 0.5) is 0 Å². The molecule has 19 heavy (non-hydrogen) atoms. The summed E-state index contributed by atoms with van der Waals surface area (Å²) in [7, 11) is 0. The van der Waals surface area contributed by atoms with Gasteiger partial charge in [-0.15, -0.1) is 0 Å². The molecule has 3 rings (SSSR count). The number of hydrogen-bond donors (Lipinski definition) is 0. The lowest BCUT2D eigenvalue weighted by molar-refractivity contribution is -0.213. The molecule has 0 aromatic heterocycles. The minimum Gasteiger partial charge on any atom is -0.272 e. The summed E-state index contributed by atoms with van der Waals surface area (Å²) >= 11 is 0. The van der Waals surface area contributed by atoms with Crippen molar-refractivity contribution in [2.45, 2.75) is 32.4 Å². The van der Waals surface area contributed by atoms with Crippen molar-refractivity contribution in [3.63, 3.8) is 0 Å². The van der Waals surface area contributed by atoms with Gasteiger partial charge in [-0.05, 0) is 24.3 Å². The quantitative estimate of drug-likeness (QED) is 0.776. The van der Waals surface area contributed by atoms with Crippen LogP contribution in [0.15, 0.2) is 42.5 Å². The van der Waals surface area contributed by atoms with E-state index in [2.05, 4.69) is 19.1 Å².